The lowest BCUT2D eigenvalue weighted by Crippen LogP contribution is -2.13. The van der Waals surface area contributed by atoms with Gasteiger partial charge >= 0.3 is 0 Å². The fourth-order valence-electron chi connectivity index (χ4n) is 1.60. The molecule has 0 atom stereocenters. The van der Waals surface area contributed by atoms with Crippen molar-refractivity contribution >= 4 is 43.5 Å². The van der Waals surface area contributed by atoms with Gasteiger partial charge in [-0.25, -0.2) is 4.39 Å². The molecule has 20 heavy (non-hydrogen) atoms. The van der Waals surface area contributed by atoms with Crippen LogP contribution in [-0.4, -0.2) is 5.91 Å². The summed E-state index contributed by atoms with van der Waals surface area (Å²) < 4.78 is 14.5. The molecule has 0 bridgehead atoms. The Morgan fingerprint density at radius 1 is 1.15 bits per heavy atom. The quantitative estimate of drug-likeness (QED) is 0.812. The van der Waals surface area contributed by atoms with Crippen LogP contribution in [0.1, 0.15) is 15.9 Å². The average molecular weight is 398 g/mol. The van der Waals surface area contributed by atoms with E-state index in [-0.39, 0.29) is 17.2 Å². The van der Waals surface area contributed by atoms with Crippen molar-refractivity contribution in [3.63, 3.8) is 0 Å². The summed E-state index contributed by atoms with van der Waals surface area (Å²) in [5.74, 6) is -0.903. The lowest BCUT2D eigenvalue weighted by molar-refractivity contribution is 0.102. The Kier molecular flexibility index (Phi) is 4.53. The minimum Gasteiger partial charge on any atom is -0.321 e. The third-order valence-electron chi connectivity index (χ3n) is 2.48. The summed E-state index contributed by atoms with van der Waals surface area (Å²) in [4.78, 5) is 12.1. The van der Waals surface area contributed by atoms with E-state index in [1.54, 1.807) is 18.2 Å². The number of anilines is 1. The molecular formula is C14H7Br2FN2O. The zero-order valence-corrected chi connectivity index (χ0v) is 13.1. The highest BCUT2D eigenvalue weighted by Gasteiger charge is 2.11. The van der Waals surface area contributed by atoms with Crippen LogP contribution >= 0.6 is 31.9 Å². The van der Waals surface area contributed by atoms with E-state index in [0.717, 1.165) is 15.0 Å². The van der Waals surface area contributed by atoms with E-state index < -0.39 is 5.82 Å². The Bertz CT molecular complexity index is 705. The third-order valence-corrected chi connectivity index (χ3v) is 3.39. The highest BCUT2D eigenvalue weighted by atomic mass is 79.9. The van der Waals surface area contributed by atoms with Crippen molar-refractivity contribution < 1.29 is 9.18 Å². The molecule has 2 rings (SSSR count). The average Bonchev–Trinajstić information content (AvgIpc) is 2.39. The fourth-order valence-corrected chi connectivity index (χ4v) is 2.89. The third kappa shape index (κ3) is 3.44. The molecule has 1 amide bonds. The molecule has 0 saturated carbocycles. The van der Waals surface area contributed by atoms with Crippen molar-refractivity contribution in [2.75, 3.05) is 5.32 Å². The zero-order valence-electron chi connectivity index (χ0n) is 9.95. The van der Waals surface area contributed by atoms with E-state index >= 15 is 0 Å². The monoisotopic (exact) mass is 396 g/mol. The van der Waals surface area contributed by atoms with Crippen LogP contribution in [0.2, 0.25) is 0 Å². The molecule has 0 radical (unpaired) electrons. The van der Waals surface area contributed by atoms with Gasteiger partial charge in [0.25, 0.3) is 5.91 Å². The second kappa shape index (κ2) is 6.16. The summed E-state index contributed by atoms with van der Waals surface area (Å²) in [7, 11) is 0. The first-order chi connectivity index (χ1) is 9.49. The number of nitriles is 1. The van der Waals surface area contributed by atoms with Crippen LogP contribution in [-0.2, 0) is 0 Å². The van der Waals surface area contributed by atoms with Gasteiger partial charge in [-0.05, 0) is 36.4 Å². The molecule has 0 unspecified atom stereocenters. The van der Waals surface area contributed by atoms with E-state index in [9.17, 15) is 9.18 Å². The van der Waals surface area contributed by atoms with E-state index in [1.165, 1.54) is 12.1 Å². The van der Waals surface area contributed by atoms with Crippen LogP contribution in [0, 0.1) is 17.1 Å². The van der Waals surface area contributed by atoms with Gasteiger partial charge in [-0.1, -0.05) is 31.9 Å². The van der Waals surface area contributed by atoms with Crippen molar-refractivity contribution in [1.29, 1.82) is 5.26 Å². The van der Waals surface area contributed by atoms with E-state index in [2.05, 4.69) is 37.2 Å². The molecule has 0 aliphatic heterocycles. The predicted molar refractivity (Wildman–Crippen MR) is 80.9 cm³/mol. The molecule has 0 aliphatic rings. The maximum Gasteiger partial charge on any atom is 0.255 e. The number of benzene rings is 2. The molecule has 0 fully saturated rings. The maximum absolute atomic E-state index is 13.0. The van der Waals surface area contributed by atoms with Crippen molar-refractivity contribution in [3.05, 3.63) is 62.3 Å². The molecule has 100 valence electrons. The molecule has 0 aromatic heterocycles. The Hall–Kier alpha value is -1.71. The Morgan fingerprint density at radius 3 is 2.40 bits per heavy atom. The first-order valence-electron chi connectivity index (χ1n) is 5.46. The highest BCUT2D eigenvalue weighted by molar-refractivity contribution is 9.11. The predicted octanol–water partition coefficient (Wildman–Crippen LogP) is 4.47. The van der Waals surface area contributed by atoms with Gasteiger partial charge in [0.1, 0.15) is 11.9 Å². The number of nitrogens with zero attached hydrogens (tertiary/aromatic N) is 1. The number of halogens is 3. The molecule has 0 spiro atoms. The van der Waals surface area contributed by atoms with Crippen molar-refractivity contribution in [2.24, 2.45) is 0 Å². The Morgan fingerprint density at radius 2 is 1.80 bits per heavy atom. The van der Waals surface area contributed by atoms with Gasteiger partial charge < -0.3 is 5.32 Å². The number of nitrogens with one attached hydrogen (secondary N) is 1. The summed E-state index contributed by atoms with van der Waals surface area (Å²) in [6.07, 6.45) is 0. The summed E-state index contributed by atoms with van der Waals surface area (Å²) in [5, 5.41) is 11.5. The molecule has 0 saturated heterocycles. The van der Waals surface area contributed by atoms with Crippen LogP contribution in [0.15, 0.2) is 45.3 Å². The van der Waals surface area contributed by atoms with Gasteiger partial charge in [0.05, 0.1) is 11.3 Å². The van der Waals surface area contributed by atoms with Gasteiger partial charge in [-0.15, -0.1) is 0 Å². The van der Waals surface area contributed by atoms with E-state index in [1.807, 2.05) is 6.07 Å². The number of rotatable bonds is 2. The highest BCUT2D eigenvalue weighted by Crippen LogP contribution is 2.22. The normalized spacial score (nSPS) is 9.90. The lowest BCUT2D eigenvalue weighted by Gasteiger charge is -2.08. The molecule has 6 heteroatoms. The van der Waals surface area contributed by atoms with Gasteiger partial charge in [0.15, 0.2) is 0 Å². The molecule has 3 nitrogen and oxygen atoms in total. The largest absolute Gasteiger partial charge is 0.321 e. The maximum atomic E-state index is 13.0. The summed E-state index contributed by atoms with van der Waals surface area (Å²) in [6, 6.07) is 10.6. The van der Waals surface area contributed by atoms with E-state index in [4.69, 9.17) is 5.26 Å². The second-order valence-electron chi connectivity index (χ2n) is 3.91. The number of hydrogen-bond donors (Lipinski definition) is 1. The van der Waals surface area contributed by atoms with E-state index in [0.29, 0.717) is 5.56 Å². The molecule has 2 aromatic rings. The molecule has 0 aliphatic carbocycles. The SMILES string of the molecule is N#Cc1cc(F)ccc1NC(=O)c1cc(Br)cc(Br)c1. The minimum absolute atomic E-state index is 0.0763. The number of carbonyl (C=O) groups is 1. The van der Waals surface area contributed by atoms with Gasteiger partial charge in [-0.2, -0.15) is 5.26 Å². The Labute approximate surface area is 131 Å². The Balaban J connectivity index is 2.30. The molecule has 1 N–H and O–H groups in total. The number of hydrogen-bond acceptors (Lipinski definition) is 2. The smallest absolute Gasteiger partial charge is 0.255 e. The minimum atomic E-state index is -0.523. The molecular weight excluding hydrogens is 391 g/mol. The van der Waals surface area contributed by atoms with Crippen LogP contribution < -0.4 is 5.32 Å². The number of carbonyl (C=O) groups excluding carboxylic acids is 1. The van der Waals surface area contributed by atoms with Crippen LogP contribution in [0.5, 0.6) is 0 Å². The van der Waals surface area contributed by atoms with Gasteiger partial charge in [0, 0.05) is 14.5 Å². The van der Waals surface area contributed by atoms with Crippen LogP contribution in [0.25, 0.3) is 0 Å². The van der Waals surface area contributed by atoms with Crippen molar-refractivity contribution in [3.8, 4) is 6.07 Å². The van der Waals surface area contributed by atoms with Crippen LogP contribution in [0.4, 0.5) is 10.1 Å². The first-order valence-corrected chi connectivity index (χ1v) is 7.05. The fraction of sp³-hybridized carbons (Fsp3) is 0. The van der Waals surface area contributed by atoms with Crippen molar-refractivity contribution in [1.82, 2.24) is 0 Å². The van der Waals surface area contributed by atoms with Gasteiger partial charge in [-0.3, -0.25) is 4.79 Å². The summed E-state index contributed by atoms with van der Waals surface area (Å²) >= 11 is 6.58. The van der Waals surface area contributed by atoms with Crippen LogP contribution in [0.3, 0.4) is 0 Å². The van der Waals surface area contributed by atoms with Crippen molar-refractivity contribution in [2.45, 2.75) is 0 Å². The van der Waals surface area contributed by atoms with Gasteiger partial charge in [0.2, 0.25) is 0 Å². The summed E-state index contributed by atoms with van der Waals surface area (Å²) in [6.45, 7) is 0. The number of amides is 1. The molecule has 0 heterocycles. The standard InChI is InChI=1S/C14H7Br2FN2O/c15-10-3-8(4-11(16)6-10)14(20)19-13-2-1-12(17)5-9(13)7-18/h1-6H,(H,19,20). The molecule has 2 aromatic carbocycles. The first kappa shape index (κ1) is 14.7. The topological polar surface area (TPSA) is 52.9 Å². The lowest BCUT2D eigenvalue weighted by atomic mass is 10.1. The zero-order chi connectivity index (χ0) is 14.7. The second-order valence-corrected chi connectivity index (χ2v) is 5.75. The summed E-state index contributed by atoms with van der Waals surface area (Å²) in [5.41, 5.74) is 0.766.